The number of sulfonamides is 1. The fourth-order valence-electron chi connectivity index (χ4n) is 3.16. The number of nitrogens with one attached hydrogen (secondary N) is 1. The number of nitrogens with two attached hydrogens (primary N) is 1. The van der Waals surface area contributed by atoms with Gasteiger partial charge in [0.05, 0.1) is 24.2 Å². The van der Waals surface area contributed by atoms with Gasteiger partial charge in [-0.2, -0.15) is 4.31 Å². The summed E-state index contributed by atoms with van der Waals surface area (Å²) in [5, 5.41) is 13.6. The Balaban J connectivity index is 2.28. The van der Waals surface area contributed by atoms with E-state index in [0.717, 1.165) is 5.56 Å². The third-order valence-electron chi connectivity index (χ3n) is 4.73. The first-order chi connectivity index (χ1) is 14.6. The SMILES string of the molecule is COC(=O)NC(Cc1ccccc1)[C@H](O)CN(CC(C)C)S(=O)(=O)c1ccc(N)cc1. The van der Waals surface area contributed by atoms with Crippen molar-refractivity contribution >= 4 is 21.8 Å². The van der Waals surface area contributed by atoms with Gasteiger partial charge in [-0.1, -0.05) is 44.2 Å². The van der Waals surface area contributed by atoms with E-state index in [1.165, 1.54) is 35.7 Å². The number of aliphatic hydroxyl groups is 1. The van der Waals surface area contributed by atoms with Gasteiger partial charge in [0.1, 0.15) is 0 Å². The number of aliphatic hydroxyl groups excluding tert-OH is 1. The lowest BCUT2D eigenvalue weighted by Crippen LogP contribution is -2.51. The van der Waals surface area contributed by atoms with Gasteiger partial charge in [-0.25, -0.2) is 13.2 Å². The van der Waals surface area contributed by atoms with Crippen molar-refractivity contribution in [3.8, 4) is 0 Å². The van der Waals surface area contributed by atoms with Crippen LogP contribution in [0.25, 0.3) is 0 Å². The van der Waals surface area contributed by atoms with Crippen LogP contribution in [-0.2, 0) is 21.2 Å². The maximum absolute atomic E-state index is 13.2. The number of rotatable bonds is 10. The van der Waals surface area contributed by atoms with Gasteiger partial charge >= 0.3 is 6.09 Å². The highest BCUT2D eigenvalue weighted by Gasteiger charge is 2.31. The summed E-state index contributed by atoms with van der Waals surface area (Å²) in [5.41, 5.74) is 7.03. The second-order valence-electron chi connectivity index (χ2n) is 7.78. The molecule has 2 atom stereocenters. The van der Waals surface area contributed by atoms with Crippen molar-refractivity contribution in [2.24, 2.45) is 5.92 Å². The van der Waals surface area contributed by atoms with Crippen LogP contribution in [0.5, 0.6) is 0 Å². The van der Waals surface area contributed by atoms with Crippen molar-refractivity contribution < 1.29 is 23.1 Å². The van der Waals surface area contributed by atoms with E-state index in [4.69, 9.17) is 5.73 Å². The molecule has 0 aliphatic heterocycles. The smallest absolute Gasteiger partial charge is 0.407 e. The number of hydrogen-bond donors (Lipinski definition) is 3. The van der Waals surface area contributed by atoms with Gasteiger partial charge < -0.3 is 20.9 Å². The third kappa shape index (κ3) is 7.23. The molecule has 8 nitrogen and oxygen atoms in total. The number of anilines is 1. The second-order valence-corrected chi connectivity index (χ2v) is 9.72. The molecule has 0 aliphatic rings. The average Bonchev–Trinajstić information content (AvgIpc) is 2.73. The molecule has 0 spiro atoms. The zero-order chi connectivity index (χ0) is 23.0. The first-order valence-corrected chi connectivity index (χ1v) is 11.5. The minimum Gasteiger partial charge on any atom is -0.453 e. The maximum atomic E-state index is 13.2. The molecule has 0 saturated heterocycles. The Hall–Kier alpha value is -2.62. The average molecular weight is 450 g/mol. The van der Waals surface area contributed by atoms with Gasteiger partial charge in [0.15, 0.2) is 0 Å². The predicted molar refractivity (Wildman–Crippen MR) is 120 cm³/mol. The summed E-state index contributed by atoms with van der Waals surface area (Å²) in [6.45, 7) is 3.81. The van der Waals surface area contributed by atoms with Crippen molar-refractivity contribution in [1.29, 1.82) is 0 Å². The fraction of sp³-hybridized carbons (Fsp3) is 0.409. The Labute approximate surface area is 184 Å². The van der Waals surface area contributed by atoms with E-state index in [-0.39, 0.29) is 23.9 Å². The number of alkyl carbamates (subject to hydrolysis) is 1. The minimum atomic E-state index is -3.87. The normalized spacial score (nSPS) is 13.7. The van der Waals surface area contributed by atoms with Crippen LogP contribution >= 0.6 is 0 Å². The van der Waals surface area contributed by atoms with Gasteiger partial charge in [-0.3, -0.25) is 0 Å². The highest BCUT2D eigenvalue weighted by Crippen LogP contribution is 2.20. The lowest BCUT2D eigenvalue weighted by Gasteiger charge is -2.30. The van der Waals surface area contributed by atoms with Gasteiger partial charge in [0.2, 0.25) is 10.0 Å². The Morgan fingerprint density at radius 1 is 1.10 bits per heavy atom. The molecule has 1 amide bonds. The highest BCUT2D eigenvalue weighted by molar-refractivity contribution is 7.89. The van der Waals surface area contributed by atoms with Crippen molar-refractivity contribution in [3.05, 3.63) is 60.2 Å². The molecule has 2 aromatic rings. The molecule has 0 bridgehead atoms. The monoisotopic (exact) mass is 449 g/mol. The van der Waals surface area contributed by atoms with Gasteiger partial charge in [-0.15, -0.1) is 0 Å². The molecule has 0 aliphatic carbocycles. The molecule has 4 N–H and O–H groups in total. The van der Waals surface area contributed by atoms with Crippen LogP contribution < -0.4 is 11.1 Å². The third-order valence-corrected chi connectivity index (χ3v) is 6.57. The first kappa shape index (κ1) is 24.6. The van der Waals surface area contributed by atoms with E-state index in [0.29, 0.717) is 12.1 Å². The van der Waals surface area contributed by atoms with Crippen molar-refractivity contribution in [2.75, 3.05) is 25.9 Å². The van der Waals surface area contributed by atoms with Crippen molar-refractivity contribution in [1.82, 2.24) is 9.62 Å². The number of amides is 1. The standard InChI is InChI=1S/C22H31N3O5S/c1-16(2)14-25(31(28,29)19-11-9-18(23)10-12-19)15-21(26)20(24-22(27)30-3)13-17-7-5-4-6-8-17/h4-12,16,20-21,26H,13-15,23H2,1-3H3,(H,24,27)/t20?,21-/m1/s1. The molecule has 9 heteroatoms. The molecule has 2 aromatic carbocycles. The lowest BCUT2D eigenvalue weighted by molar-refractivity contribution is 0.0944. The van der Waals surface area contributed by atoms with Crippen LogP contribution in [0, 0.1) is 5.92 Å². The molecular weight excluding hydrogens is 418 g/mol. The Bertz CT molecular complexity index is 933. The van der Waals surface area contributed by atoms with Gasteiger partial charge in [-0.05, 0) is 42.2 Å². The summed E-state index contributed by atoms with van der Waals surface area (Å²) in [6, 6.07) is 14.5. The predicted octanol–water partition coefficient (Wildman–Crippen LogP) is 2.24. The van der Waals surface area contributed by atoms with E-state index in [9.17, 15) is 18.3 Å². The summed E-state index contributed by atoms with van der Waals surface area (Å²) in [7, 11) is -2.64. The summed E-state index contributed by atoms with van der Waals surface area (Å²) in [5.74, 6) is 0.0249. The molecule has 0 radical (unpaired) electrons. The number of carbonyl (C=O) groups excluding carboxylic acids is 1. The number of benzene rings is 2. The number of nitrogen functional groups attached to an aromatic ring is 1. The summed E-state index contributed by atoms with van der Waals surface area (Å²) < 4.78 is 32.4. The zero-order valence-corrected chi connectivity index (χ0v) is 18.9. The largest absolute Gasteiger partial charge is 0.453 e. The number of hydrogen-bond acceptors (Lipinski definition) is 6. The molecule has 170 valence electrons. The minimum absolute atomic E-state index is 0.0249. The topological polar surface area (TPSA) is 122 Å². The van der Waals surface area contributed by atoms with Crippen LogP contribution in [0.4, 0.5) is 10.5 Å². The van der Waals surface area contributed by atoms with E-state index in [1.807, 2.05) is 44.2 Å². The summed E-state index contributed by atoms with van der Waals surface area (Å²) >= 11 is 0. The number of carbonyl (C=O) groups is 1. The van der Waals surface area contributed by atoms with Crippen LogP contribution in [0.3, 0.4) is 0 Å². The van der Waals surface area contributed by atoms with E-state index in [1.54, 1.807) is 0 Å². The number of methoxy groups -OCH3 is 1. The first-order valence-electron chi connectivity index (χ1n) is 10.1. The van der Waals surface area contributed by atoms with Crippen molar-refractivity contribution in [2.45, 2.75) is 37.3 Å². The van der Waals surface area contributed by atoms with Crippen molar-refractivity contribution in [3.63, 3.8) is 0 Å². The van der Waals surface area contributed by atoms with Crippen LogP contribution in [-0.4, -0.2) is 56.3 Å². The number of nitrogens with zero attached hydrogens (tertiary/aromatic N) is 1. The van der Waals surface area contributed by atoms with E-state index in [2.05, 4.69) is 10.1 Å². The Morgan fingerprint density at radius 2 is 1.71 bits per heavy atom. The van der Waals surface area contributed by atoms with Gasteiger partial charge in [0, 0.05) is 18.8 Å². The van der Waals surface area contributed by atoms with Crippen LogP contribution in [0.2, 0.25) is 0 Å². The molecular formula is C22H31N3O5S. The van der Waals surface area contributed by atoms with E-state index >= 15 is 0 Å². The maximum Gasteiger partial charge on any atom is 0.407 e. The molecule has 0 heterocycles. The molecule has 0 saturated carbocycles. The van der Waals surface area contributed by atoms with Gasteiger partial charge in [0.25, 0.3) is 0 Å². The number of ether oxygens (including phenoxy) is 1. The highest BCUT2D eigenvalue weighted by atomic mass is 32.2. The Kier molecular flexibility index (Phi) is 8.85. The molecule has 0 fully saturated rings. The molecule has 2 rings (SSSR count). The molecule has 31 heavy (non-hydrogen) atoms. The lowest BCUT2D eigenvalue weighted by atomic mass is 10.0. The zero-order valence-electron chi connectivity index (χ0n) is 18.1. The van der Waals surface area contributed by atoms with E-state index < -0.39 is 28.3 Å². The summed E-state index contributed by atoms with van der Waals surface area (Å²) in [4.78, 5) is 11.9. The Morgan fingerprint density at radius 3 is 2.26 bits per heavy atom. The second kappa shape index (κ2) is 11.1. The molecule has 1 unspecified atom stereocenters. The van der Waals surface area contributed by atoms with Crippen LogP contribution in [0.1, 0.15) is 19.4 Å². The quantitative estimate of drug-likeness (QED) is 0.478. The molecule has 0 aromatic heterocycles. The fourth-order valence-corrected chi connectivity index (χ4v) is 4.79. The van der Waals surface area contributed by atoms with Crippen LogP contribution in [0.15, 0.2) is 59.5 Å². The summed E-state index contributed by atoms with van der Waals surface area (Å²) in [6.07, 6.45) is -1.55.